The zero-order valence-corrected chi connectivity index (χ0v) is 56.2. The van der Waals surface area contributed by atoms with Crippen LogP contribution in [0.5, 0.6) is 0 Å². The lowest BCUT2D eigenvalue weighted by atomic mass is 9.70. The number of halogens is 6. The second-order valence-electron chi connectivity index (χ2n) is 29.4. The summed E-state index contributed by atoms with van der Waals surface area (Å²) in [4.78, 5) is 20.3. The van der Waals surface area contributed by atoms with Gasteiger partial charge in [-0.1, -0.05) is 35.6 Å². The topological polar surface area (TPSA) is 144 Å². The molecule has 6 aliphatic rings. The third-order valence-electron chi connectivity index (χ3n) is 19.5. The Balaban J connectivity index is 0.000000245. The molecule has 3 fully saturated rings. The van der Waals surface area contributed by atoms with E-state index in [4.69, 9.17) is 18.9 Å². The number of likely N-dealkylation sites (N-methyl/N-ethyl adjacent to an activating group) is 6. The SMILES string of the molecule is C.C.CNCCN(C)Cc1nn2c(c1C1CCC(C)(COC)CC1)CC(F)(F)C2.CNCCN(C)Cc1nn2c(c1C1CCC(C)(COC)CC1)CC(F)(F)C2.COCC1(C)CCC(c2c(CN(C)CCN(C)C(=O)OC(C)(C)C)nn3c2CC(F)(F)C3)CC1. The number of fused-ring (bicyclic) bond motifs is 3. The second kappa shape index (κ2) is 32.1. The summed E-state index contributed by atoms with van der Waals surface area (Å²) < 4.78 is 111. The average molecular weight is 1290 g/mol. The highest BCUT2D eigenvalue weighted by atomic mass is 19.3. The summed E-state index contributed by atoms with van der Waals surface area (Å²) >= 11 is 0. The van der Waals surface area contributed by atoms with Gasteiger partial charge in [0.1, 0.15) is 25.2 Å². The maximum Gasteiger partial charge on any atom is 0.410 e. The highest BCUT2D eigenvalue weighted by molar-refractivity contribution is 5.67. The summed E-state index contributed by atoms with van der Waals surface area (Å²) in [6.45, 7) is 20.4. The highest BCUT2D eigenvalue weighted by Gasteiger charge is 2.47. The Bertz CT molecular complexity index is 2590. The molecule has 90 heavy (non-hydrogen) atoms. The first-order valence-corrected chi connectivity index (χ1v) is 32.4. The molecule has 23 heteroatoms. The summed E-state index contributed by atoms with van der Waals surface area (Å²) in [6.07, 6.45) is 11.4. The van der Waals surface area contributed by atoms with E-state index in [9.17, 15) is 31.1 Å². The Hall–Kier alpha value is -3.84. The number of amides is 1. The molecule has 3 aliphatic carbocycles. The van der Waals surface area contributed by atoms with E-state index < -0.39 is 23.4 Å². The molecule has 0 atom stereocenters. The van der Waals surface area contributed by atoms with Crippen LogP contribution in [-0.2, 0) is 77.5 Å². The van der Waals surface area contributed by atoms with Crippen LogP contribution in [0.15, 0.2) is 0 Å². The Morgan fingerprint density at radius 1 is 0.511 bits per heavy atom. The van der Waals surface area contributed by atoms with Crippen LogP contribution in [0.3, 0.4) is 0 Å². The van der Waals surface area contributed by atoms with Gasteiger partial charge in [-0.2, -0.15) is 15.3 Å². The first-order valence-electron chi connectivity index (χ1n) is 32.4. The van der Waals surface area contributed by atoms with Crippen molar-refractivity contribution >= 4 is 6.09 Å². The number of hydrogen-bond acceptors (Lipinski definition) is 13. The van der Waals surface area contributed by atoms with Crippen LogP contribution in [0.4, 0.5) is 31.1 Å². The maximum atomic E-state index is 14.2. The van der Waals surface area contributed by atoms with Crippen molar-refractivity contribution in [2.24, 2.45) is 16.2 Å². The zero-order chi connectivity index (χ0) is 64.6. The molecule has 0 spiro atoms. The van der Waals surface area contributed by atoms with Gasteiger partial charge in [-0.05, 0) is 167 Å². The third-order valence-corrected chi connectivity index (χ3v) is 19.5. The number of nitrogens with one attached hydrogen (secondary N) is 2. The van der Waals surface area contributed by atoms with Gasteiger partial charge < -0.3 is 34.5 Å². The van der Waals surface area contributed by atoms with E-state index in [1.165, 1.54) is 4.68 Å². The molecule has 0 saturated heterocycles. The van der Waals surface area contributed by atoms with Crippen molar-refractivity contribution in [2.75, 3.05) is 123 Å². The smallest absolute Gasteiger partial charge is 0.410 e. The molecule has 2 N–H and O–H groups in total. The van der Waals surface area contributed by atoms with E-state index >= 15 is 0 Å². The molecule has 3 aromatic heterocycles. The summed E-state index contributed by atoms with van der Waals surface area (Å²) in [7, 11) is 16.9. The van der Waals surface area contributed by atoms with Crippen molar-refractivity contribution in [2.45, 2.75) is 233 Å². The van der Waals surface area contributed by atoms with Gasteiger partial charge in [0, 0.05) is 121 Å². The highest BCUT2D eigenvalue weighted by Crippen LogP contribution is 2.50. The number of ether oxygens (including phenoxy) is 4. The molecule has 6 heterocycles. The largest absolute Gasteiger partial charge is 0.444 e. The average Bonchev–Trinajstić information content (AvgIpc) is 1.62. The van der Waals surface area contributed by atoms with Gasteiger partial charge in [0.2, 0.25) is 0 Å². The summed E-state index contributed by atoms with van der Waals surface area (Å²) in [5.74, 6) is -7.13. The Morgan fingerprint density at radius 3 is 1.04 bits per heavy atom. The van der Waals surface area contributed by atoms with E-state index in [0.29, 0.717) is 50.3 Å². The van der Waals surface area contributed by atoms with Gasteiger partial charge in [-0.25, -0.2) is 31.1 Å². The molecule has 3 aliphatic heterocycles. The number of hydrogen-bond donors (Lipinski definition) is 2. The first kappa shape index (κ1) is 76.9. The van der Waals surface area contributed by atoms with E-state index in [1.54, 1.807) is 42.6 Å². The quantitative estimate of drug-likeness (QED) is 0.0822. The van der Waals surface area contributed by atoms with Crippen LogP contribution in [0.25, 0.3) is 0 Å². The Morgan fingerprint density at radius 2 is 0.789 bits per heavy atom. The fourth-order valence-corrected chi connectivity index (χ4v) is 14.6. The molecule has 17 nitrogen and oxygen atoms in total. The van der Waals surface area contributed by atoms with Crippen LogP contribution >= 0.6 is 0 Å². The number of rotatable bonds is 24. The maximum absolute atomic E-state index is 14.2. The predicted octanol–water partition coefficient (Wildman–Crippen LogP) is 12.0. The van der Waals surface area contributed by atoms with Gasteiger partial charge in [0.25, 0.3) is 17.8 Å². The lowest BCUT2D eigenvalue weighted by Crippen LogP contribution is -2.38. The van der Waals surface area contributed by atoms with Crippen LogP contribution in [0.2, 0.25) is 0 Å². The van der Waals surface area contributed by atoms with Crippen molar-refractivity contribution in [3.05, 3.63) is 50.9 Å². The van der Waals surface area contributed by atoms with Crippen LogP contribution < -0.4 is 10.6 Å². The fraction of sp³-hybridized carbons (Fsp3) is 0.851. The summed E-state index contributed by atoms with van der Waals surface area (Å²) in [6, 6.07) is 0. The molecule has 0 aromatic carbocycles. The molecular weight excluding hydrogens is 1170 g/mol. The minimum atomic E-state index is -2.73. The summed E-state index contributed by atoms with van der Waals surface area (Å²) in [5, 5.41) is 20.2. The van der Waals surface area contributed by atoms with Gasteiger partial charge >= 0.3 is 6.09 Å². The molecule has 3 aromatic rings. The Labute approximate surface area is 536 Å². The van der Waals surface area contributed by atoms with Gasteiger partial charge in [0.15, 0.2) is 0 Å². The molecule has 0 unspecified atom stereocenters. The van der Waals surface area contributed by atoms with E-state index in [2.05, 4.69) is 75.5 Å². The van der Waals surface area contributed by atoms with E-state index in [1.807, 2.05) is 41.9 Å². The van der Waals surface area contributed by atoms with E-state index in [0.717, 1.165) is 168 Å². The fourth-order valence-electron chi connectivity index (χ4n) is 14.6. The number of alkyl halides is 6. The first-order chi connectivity index (χ1) is 41.3. The van der Waals surface area contributed by atoms with Crippen molar-refractivity contribution in [1.29, 1.82) is 0 Å². The van der Waals surface area contributed by atoms with Crippen molar-refractivity contribution in [3.8, 4) is 0 Å². The second-order valence-corrected chi connectivity index (χ2v) is 29.4. The lowest BCUT2D eigenvalue weighted by Gasteiger charge is -2.37. The van der Waals surface area contributed by atoms with Gasteiger partial charge in [0.05, 0.1) is 56.2 Å². The molecule has 0 radical (unpaired) electrons. The number of methoxy groups -OCH3 is 3. The van der Waals surface area contributed by atoms with Crippen LogP contribution in [0, 0.1) is 16.2 Å². The Kier molecular flexibility index (Phi) is 27.4. The third kappa shape index (κ3) is 20.6. The van der Waals surface area contributed by atoms with Crippen LogP contribution in [-0.4, -0.2) is 201 Å². The van der Waals surface area contributed by atoms with Crippen molar-refractivity contribution in [3.63, 3.8) is 0 Å². The number of carbonyl (C=O) groups is 1. The standard InChI is InChI=1S/C25H42F2N4O3.2C20H34F2N4O.2CH4/c1-23(2,3)34-22(32)30(6)13-12-29(5)15-19-21(20-14-25(26,27)16-31(20)28-19)18-8-10-24(4,11-9-18)17-33-7;2*1-19(14-27-4)7-5-15(6-8-19)18-16(12-25(3)10-9-23-2)24-26-13-20(21,22)11-17(18)26;;/h18H,8-17H2,1-7H3;2*15,23H,5-14H2,1-4H3;2*1H4. The number of nitrogens with zero attached hydrogens (tertiary/aromatic N) is 10. The van der Waals surface area contributed by atoms with Crippen molar-refractivity contribution < 1.29 is 50.1 Å². The summed E-state index contributed by atoms with van der Waals surface area (Å²) in [5.41, 5.74) is 8.43. The van der Waals surface area contributed by atoms with Crippen LogP contribution in [0.1, 0.15) is 202 Å². The predicted molar refractivity (Wildman–Crippen MR) is 345 cm³/mol. The van der Waals surface area contributed by atoms with E-state index in [-0.39, 0.29) is 82.0 Å². The molecule has 0 bridgehead atoms. The minimum Gasteiger partial charge on any atom is -0.444 e. The molecular formula is C67H118F6N12O5. The number of carbonyl (C=O) groups excluding carboxylic acids is 1. The molecule has 3 saturated carbocycles. The lowest BCUT2D eigenvalue weighted by molar-refractivity contribution is -0.000132. The van der Waals surface area contributed by atoms with Crippen molar-refractivity contribution in [1.82, 2.24) is 59.6 Å². The van der Waals surface area contributed by atoms with Gasteiger partial charge in [-0.3, -0.25) is 28.7 Å². The van der Waals surface area contributed by atoms with Gasteiger partial charge in [-0.15, -0.1) is 0 Å². The number of aromatic nitrogens is 6. The zero-order valence-electron chi connectivity index (χ0n) is 56.2. The minimum absolute atomic E-state index is 0. The molecule has 518 valence electrons. The molecule has 9 rings (SSSR count). The monoisotopic (exact) mass is 1280 g/mol. The normalized spacial score (nSPS) is 25.6. The molecule has 1 amide bonds.